The zero-order valence-corrected chi connectivity index (χ0v) is 13.0. The van der Waals surface area contributed by atoms with Crippen molar-refractivity contribution in [3.05, 3.63) is 11.6 Å². The van der Waals surface area contributed by atoms with Crippen LogP contribution in [-0.4, -0.2) is 25.0 Å². The predicted molar refractivity (Wildman–Crippen MR) is 79.5 cm³/mol. The van der Waals surface area contributed by atoms with Crippen LogP contribution in [0.25, 0.3) is 0 Å². The van der Waals surface area contributed by atoms with E-state index in [-0.39, 0.29) is 0 Å². The molecule has 2 rings (SSSR count). The molecule has 17 heavy (non-hydrogen) atoms. The Labute approximate surface area is 109 Å². The number of likely N-dealkylation sites (tertiary alicyclic amines) is 1. The van der Waals surface area contributed by atoms with Gasteiger partial charge in [-0.2, -0.15) is 0 Å². The van der Waals surface area contributed by atoms with E-state index in [0.29, 0.717) is 5.41 Å². The molecular formula is C16H33N. The van der Waals surface area contributed by atoms with Crippen LogP contribution in [0.3, 0.4) is 0 Å². The Morgan fingerprint density at radius 2 is 1.65 bits per heavy atom. The van der Waals surface area contributed by atoms with Crippen LogP contribution in [0.15, 0.2) is 11.6 Å². The Hall–Kier alpha value is -0.300. The lowest BCUT2D eigenvalue weighted by atomic mass is 9.80. The SMILES string of the molecule is CC.CC.CC1=CC2(CCCN(C)CC2)CC1. The maximum absolute atomic E-state index is 2.58. The highest BCUT2D eigenvalue weighted by Gasteiger charge is 2.32. The first kappa shape index (κ1) is 16.7. The fourth-order valence-corrected chi connectivity index (χ4v) is 2.86. The van der Waals surface area contributed by atoms with Crippen molar-refractivity contribution in [2.45, 2.75) is 66.7 Å². The van der Waals surface area contributed by atoms with Crippen molar-refractivity contribution in [1.82, 2.24) is 4.90 Å². The molecule has 1 aliphatic heterocycles. The summed E-state index contributed by atoms with van der Waals surface area (Å²) in [5.41, 5.74) is 2.24. The predicted octanol–water partition coefficient (Wildman–Crippen LogP) is 4.88. The van der Waals surface area contributed by atoms with Gasteiger partial charge >= 0.3 is 0 Å². The van der Waals surface area contributed by atoms with E-state index >= 15 is 0 Å². The number of rotatable bonds is 0. The maximum atomic E-state index is 2.58. The molecule has 0 saturated carbocycles. The van der Waals surface area contributed by atoms with E-state index in [1.165, 1.54) is 45.2 Å². The Balaban J connectivity index is 0.000000581. The number of hydrogen-bond acceptors (Lipinski definition) is 1. The molecule has 0 amide bonds. The molecule has 0 aromatic heterocycles. The summed E-state index contributed by atoms with van der Waals surface area (Å²) in [6, 6.07) is 0. The van der Waals surface area contributed by atoms with Crippen LogP contribution in [0.4, 0.5) is 0 Å². The minimum absolute atomic E-state index is 0.606. The van der Waals surface area contributed by atoms with Gasteiger partial charge in [-0.15, -0.1) is 0 Å². The average Bonchev–Trinajstić information content (AvgIpc) is 2.64. The van der Waals surface area contributed by atoms with Gasteiger partial charge in [0.05, 0.1) is 0 Å². The molecule has 2 aliphatic rings. The molecule has 0 radical (unpaired) electrons. The highest BCUT2D eigenvalue weighted by molar-refractivity contribution is 5.15. The summed E-state index contributed by atoms with van der Waals surface area (Å²) in [5.74, 6) is 0. The second-order valence-corrected chi connectivity index (χ2v) is 5.01. The van der Waals surface area contributed by atoms with Crippen molar-refractivity contribution < 1.29 is 0 Å². The molecule has 1 nitrogen and oxygen atoms in total. The van der Waals surface area contributed by atoms with Crippen LogP contribution in [0.2, 0.25) is 0 Å². The molecule has 1 aliphatic carbocycles. The highest BCUT2D eigenvalue weighted by atomic mass is 15.1. The molecule has 1 saturated heterocycles. The van der Waals surface area contributed by atoms with Gasteiger partial charge in [0.15, 0.2) is 0 Å². The third-order valence-corrected chi connectivity index (χ3v) is 3.78. The Morgan fingerprint density at radius 3 is 2.18 bits per heavy atom. The first-order valence-corrected chi connectivity index (χ1v) is 7.57. The van der Waals surface area contributed by atoms with Gasteiger partial charge in [0.2, 0.25) is 0 Å². The number of hydrogen-bond donors (Lipinski definition) is 0. The average molecular weight is 239 g/mol. The monoisotopic (exact) mass is 239 g/mol. The first-order chi connectivity index (χ1) is 8.20. The van der Waals surface area contributed by atoms with Crippen LogP contribution in [0, 0.1) is 5.41 Å². The lowest BCUT2D eigenvalue weighted by Crippen LogP contribution is -2.21. The molecule has 0 N–H and O–H groups in total. The van der Waals surface area contributed by atoms with Crippen LogP contribution in [-0.2, 0) is 0 Å². The van der Waals surface area contributed by atoms with Crippen molar-refractivity contribution >= 4 is 0 Å². The third-order valence-electron chi connectivity index (χ3n) is 3.78. The molecule has 1 heteroatoms. The maximum Gasteiger partial charge on any atom is -0.00135 e. The second-order valence-electron chi connectivity index (χ2n) is 5.01. The number of allylic oxidation sites excluding steroid dienone is 2. The fourth-order valence-electron chi connectivity index (χ4n) is 2.86. The molecule has 0 bridgehead atoms. The van der Waals surface area contributed by atoms with Gasteiger partial charge in [-0.3, -0.25) is 0 Å². The quantitative estimate of drug-likeness (QED) is 0.545. The summed E-state index contributed by atoms with van der Waals surface area (Å²) in [4.78, 5) is 2.48. The normalized spacial score (nSPS) is 28.5. The van der Waals surface area contributed by atoms with E-state index in [1.807, 2.05) is 27.7 Å². The zero-order valence-electron chi connectivity index (χ0n) is 13.0. The van der Waals surface area contributed by atoms with Crippen LogP contribution >= 0.6 is 0 Å². The van der Waals surface area contributed by atoms with E-state index in [9.17, 15) is 0 Å². The van der Waals surface area contributed by atoms with Crippen LogP contribution in [0.5, 0.6) is 0 Å². The summed E-state index contributed by atoms with van der Waals surface area (Å²) in [6.45, 7) is 12.9. The Morgan fingerprint density at radius 1 is 1.00 bits per heavy atom. The standard InChI is InChI=1S/C12H21N.2C2H6/c1-11-4-6-12(10-11)5-3-8-13(2)9-7-12;2*1-2/h10H,3-9H2,1-2H3;2*1-2H3. The van der Waals surface area contributed by atoms with Gasteiger partial charge in [-0.05, 0) is 64.6 Å². The molecular weight excluding hydrogens is 206 g/mol. The van der Waals surface area contributed by atoms with Gasteiger partial charge in [0, 0.05) is 0 Å². The van der Waals surface area contributed by atoms with Gasteiger partial charge in [-0.1, -0.05) is 39.3 Å². The summed E-state index contributed by atoms with van der Waals surface area (Å²) in [6.07, 6.45) is 9.55. The molecule has 1 spiro atoms. The van der Waals surface area contributed by atoms with Gasteiger partial charge in [0.25, 0.3) is 0 Å². The van der Waals surface area contributed by atoms with Gasteiger partial charge in [0.1, 0.15) is 0 Å². The summed E-state index contributed by atoms with van der Waals surface area (Å²) < 4.78 is 0. The lowest BCUT2D eigenvalue weighted by molar-refractivity contribution is 0.302. The zero-order chi connectivity index (χ0) is 13.3. The van der Waals surface area contributed by atoms with Crippen LogP contribution < -0.4 is 0 Å². The summed E-state index contributed by atoms with van der Waals surface area (Å²) in [5, 5.41) is 0. The molecule has 1 atom stereocenters. The van der Waals surface area contributed by atoms with E-state index in [0.717, 1.165) is 0 Å². The van der Waals surface area contributed by atoms with Crippen molar-refractivity contribution in [1.29, 1.82) is 0 Å². The molecule has 102 valence electrons. The largest absolute Gasteiger partial charge is 0.306 e. The molecule has 1 fully saturated rings. The Kier molecular flexibility index (Phi) is 8.59. The van der Waals surface area contributed by atoms with Crippen molar-refractivity contribution in [3.8, 4) is 0 Å². The lowest BCUT2D eigenvalue weighted by Gasteiger charge is -2.25. The topological polar surface area (TPSA) is 3.24 Å². The van der Waals surface area contributed by atoms with E-state index in [1.54, 1.807) is 5.57 Å². The third kappa shape index (κ3) is 5.25. The smallest absolute Gasteiger partial charge is 0.00135 e. The molecule has 1 heterocycles. The summed E-state index contributed by atoms with van der Waals surface area (Å²) in [7, 11) is 2.25. The molecule has 1 unspecified atom stereocenters. The second kappa shape index (κ2) is 8.74. The molecule has 0 aromatic carbocycles. The van der Waals surface area contributed by atoms with Gasteiger partial charge in [-0.25, -0.2) is 0 Å². The highest BCUT2D eigenvalue weighted by Crippen LogP contribution is 2.43. The van der Waals surface area contributed by atoms with E-state index in [4.69, 9.17) is 0 Å². The van der Waals surface area contributed by atoms with E-state index < -0.39 is 0 Å². The summed E-state index contributed by atoms with van der Waals surface area (Å²) >= 11 is 0. The Bertz CT molecular complexity index is 220. The van der Waals surface area contributed by atoms with Crippen molar-refractivity contribution in [2.75, 3.05) is 20.1 Å². The minimum Gasteiger partial charge on any atom is -0.306 e. The van der Waals surface area contributed by atoms with Gasteiger partial charge < -0.3 is 4.90 Å². The first-order valence-electron chi connectivity index (χ1n) is 7.57. The minimum atomic E-state index is 0.606. The van der Waals surface area contributed by atoms with Crippen molar-refractivity contribution in [2.24, 2.45) is 5.41 Å². The van der Waals surface area contributed by atoms with Crippen LogP contribution in [0.1, 0.15) is 66.7 Å². The van der Waals surface area contributed by atoms with Crippen molar-refractivity contribution in [3.63, 3.8) is 0 Å². The van der Waals surface area contributed by atoms with E-state index in [2.05, 4.69) is 24.9 Å². The fraction of sp³-hybridized carbons (Fsp3) is 0.875. The number of nitrogens with zero attached hydrogens (tertiary/aromatic N) is 1. The molecule has 0 aromatic rings.